The lowest BCUT2D eigenvalue weighted by Crippen LogP contribution is -1.94. The number of pyridine rings is 1. The second-order valence-electron chi connectivity index (χ2n) is 4.07. The molecule has 78 valence electrons. The van der Waals surface area contributed by atoms with Crippen LogP contribution < -0.4 is 0 Å². The third kappa shape index (κ3) is 1.37. The molecular weight excluding hydrogens is 186 g/mol. The van der Waals surface area contributed by atoms with E-state index in [1.165, 1.54) is 11.1 Å². The summed E-state index contributed by atoms with van der Waals surface area (Å²) in [7, 11) is 0. The fraction of sp³-hybridized carbons (Fsp3) is 0.308. The lowest BCUT2D eigenvalue weighted by molar-refractivity contribution is 0.476. The standard InChI is InChI=1S/C13H15NO/c1-7-5-6-11-9(3)8(2)10(4)14-12(11)13(7)15/h5-6,15H,1-4H3. The Kier molecular flexibility index (Phi) is 2.14. The van der Waals surface area contributed by atoms with Gasteiger partial charge in [-0.25, -0.2) is 4.98 Å². The van der Waals surface area contributed by atoms with E-state index in [4.69, 9.17) is 0 Å². The number of benzene rings is 1. The fourth-order valence-corrected chi connectivity index (χ4v) is 1.82. The molecule has 15 heavy (non-hydrogen) atoms. The Hall–Kier alpha value is -1.57. The molecule has 0 aliphatic heterocycles. The molecular formula is C13H15NO. The third-order valence-corrected chi connectivity index (χ3v) is 3.14. The van der Waals surface area contributed by atoms with Crippen molar-refractivity contribution in [1.82, 2.24) is 4.98 Å². The van der Waals surface area contributed by atoms with Crippen molar-refractivity contribution in [3.05, 3.63) is 34.5 Å². The lowest BCUT2D eigenvalue weighted by Gasteiger charge is -2.10. The van der Waals surface area contributed by atoms with Crippen molar-refractivity contribution < 1.29 is 5.11 Å². The summed E-state index contributed by atoms with van der Waals surface area (Å²) in [6, 6.07) is 3.96. The van der Waals surface area contributed by atoms with Crippen LogP contribution in [0.3, 0.4) is 0 Å². The Balaban J connectivity index is 2.98. The molecule has 0 aliphatic rings. The zero-order valence-corrected chi connectivity index (χ0v) is 9.55. The van der Waals surface area contributed by atoms with Gasteiger partial charge in [-0.3, -0.25) is 0 Å². The van der Waals surface area contributed by atoms with Gasteiger partial charge in [-0.1, -0.05) is 12.1 Å². The van der Waals surface area contributed by atoms with E-state index in [0.29, 0.717) is 5.75 Å². The minimum absolute atomic E-state index is 0.304. The number of aromatic hydroxyl groups is 1. The first kappa shape index (κ1) is 9.97. The molecule has 2 nitrogen and oxygen atoms in total. The monoisotopic (exact) mass is 201 g/mol. The SMILES string of the molecule is Cc1ccc2c(C)c(C)c(C)nc2c1O. The Bertz CT molecular complexity index is 544. The van der Waals surface area contributed by atoms with Gasteiger partial charge in [-0.2, -0.15) is 0 Å². The van der Waals surface area contributed by atoms with E-state index in [9.17, 15) is 5.11 Å². The van der Waals surface area contributed by atoms with Gasteiger partial charge in [0.2, 0.25) is 0 Å². The summed E-state index contributed by atoms with van der Waals surface area (Å²) < 4.78 is 0. The first-order valence-corrected chi connectivity index (χ1v) is 5.08. The molecule has 0 radical (unpaired) electrons. The van der Waals surface area contributed by atoms with Gasteiger partial charge in [0, 0.05) is 11.1 Å². The molecule has 1 aromatic heterocycles. The summed E-state index contributed by atoms with van der Waals surface area (Å²) >= 11 is 0. The number of phenols is 1. The van der Waals surface area contributed by atoms with Crippen molar-refractivity contribution in [2.45, 2.75) is 27.7 Å². The van der Waals surface area contributed by atoms with Crippen LogP contribution in [-0.4, -0.2) is 10.1 Å². The Morgan fingerprint density at radius 1 is 1.00 bits per heavy atom. The van der Waals surface area contributed by atoms with E-state index in [0.717, 1.165) is 22.2 Å². The summed E-state index contributed by atoms with van der Waals surface area (Å²) in [6.45, 7) is 8.00. The second-order valence-corrected chi connectivity index (χ2v) is 4.07. The number of rotatable bonds is 0. The predicted molar refractivity (Wildman–Crippen MR) is 62.4 cm³/mol. The molecule has 0 aliphatic carbocycles. The van der Waals surface area contributed by atoms with Crippen LogP contribution in [0.15, 0.2) is 12.1 Å². The number of aryl methyl sites for hydroxylation is 3. The quantitative estimate of drug-likeness (QED) is 0.710. The van der Waals surface area contributed by atoms with Crippen molar-refractivity contribution in [1.29, 1.82) is 0 Å². The minimum atomic E-state index is 0.304. The summed E-state index contributed by atoms with van der Waals surface area (Å²) in [5, 5.41) is 11.0. The summed E-state index contributed by atoms with van der Waals surface area (Å²) in [5.74, 6) is 0.304. The first-order valence-electron chi connectivity index (χ1n) is 5.08. The normalized spacial score (nSPS) is 10.9. The second kappa shape index (κ2) is 3.23. The van der Waals surface area contributed by atoms with Crippen molar-refractivity contribution >= 4 is 10.9 Å². The molecule has 2 rings (SSSR count). The maximum Gasteiger partial charge on any atom is 0.144 e. The zero-order chi connectivity index (χ0) is 11.2. The number of aromatic nitrogens is 1. The van der Waals surface area contributed by atoms with Crippen molar-refractivity contribution in [3.63, 3.8) is 0 Å². The number of phenolic OH excluding ortho intramolecular Hbond substituents is 1. The first-order chi connectivity index (χ1) is 7.02. The van der Waals surface area contributed by atoms with Gasteiger partial charge in [0.15, 0.2) is 0 Å². The molecule has 0 spiro atoms. The number of hydrogen-bond acceptors (Lipinski definition) is 2. The summed E-state index contributed by atoms with van der Waals surface area (Å²) in [5.41, 5.74) is 4.98. The summed E-state index contributed by atoms with van der Waals surface area (Å²) in [6.07, 6.45) is 0. The highest BCUT2D eigenvalue weighted by molar-refractivity contribution is 5.89. The molecule has 0 amide bonds. The summed E-state index contributed by atoms with van der Waals surface area (Å²) in [4.78, 5) is 4.45. The topological polar surface area (TPSA) is 33.1 Å². The van der Waals surface area contributed by atoms with Gasteiger partial charge >= 0.3 is 0 Å². The third-order valence-electron chi connectivity index (χ3n) is 3.14. The maximum absolute atomic E-state index is 9.94. The minimum Gasteiger partial charge on any atom is -0.505 e. The Morgan fingerprint density at radius 2 is 1.67 bits per heavy atom. The molecule has 1 N–H and O–H groups in total. The van der Waals surface area contributed by atoms with Crippen molar-refractivity contribution in [2.24, 2.45) is 0 Å². The smallest absolute Gasteiger partial charge is 0.144 e. The molecule has 0 unspecified atom stereocenters. The van der Waals surface area contributed by atoms with E-state index in [2.05, 4.69) is 18.8 Å². The van der Waals surface area contributed by atoms with Crippen LogP contribution in [-0.2, 0) is 0 Å². The predicted octanol–water partition coefficient (Wildman–Crippen LogP) is 3.17. The van der Waals surface area contributed by atoms with Crippen LogP contribution in [0.1, 0.15) is 22.4 Å². The lowest BCUT2D eigenvalue weighted by atomic mass is 10.0. The van der Waals surface area contributed by atoms with E-state index in [-0.39, 0.29) is 0 Å². The molecule has 1 aromatic carbocycles. The van der Waals surface area contributed by atoms with Gasteiger partial charge in [0.1, 0.15) is 11.3 Å². The fourth-order valence-electron chi connectivity index (χ4n) is 1.82. The Morgan fingerprint density at radius 3 is 2.33 bits per heavy atom. The van der Waals surface area contributed by atoms with Crippen LogP contribution in [0.25, 0.3) is 10.9 Å². The van der Waals surface area contributed by atoms with Crippen LogP contribution >= 0.6 is 0 Å². The molecule has 0 atom stereocenters. The highest BCUT2D eigenvalue weighted by Crippen LogP contribution is 2.30. The van der Waals surface area contributed by atoms with Gasteiger partial charge in [0.05, 0.1) is 0 Å². The van der Waals surface area contributed by atoms with Gasteiger partial charge in [-0.05, 0) is 44.4 Å². The average molecular weight is 201 g/mol. The van der Waals surface area contributed by atoms with Gasteiger partial charge in [-0.15, -0.1) is 0 Å². The number of hydrogen-bond donors (Lipinski definition) is 1. The van der Waals surface area contributed by atoms with Gasteiger partial charge in [0.25, 0.3) is 0 Å². The molecule has 0 fully saturated rings. The van der Waals surface area contributed by atoms with Crippen molar-refractivity contribution in [3.8, 4) is 5.75 Å². The maximum atomic E-state index is 9.94. The average Bonchev–Trinajstić information content (AvgIpc) is 2.21. The molecule has 2 heteroatoms. The number of nitrogens with zero attached hydrogens (tertiary/aromatic N) is 1. The zero-order valence-electron chi connectivity index (χ0n) is 9.55. The van der Waals surface area contributed by atoms with Crippen LogP contribution in [0.5, 0.6) is 5.75 Å². The van der Waals surface area contributed by atoms with Gasteiger partial charge < -0.3 is 5.11 Å². The highest BCUT2D eigenvalue weighted by Gasteiger charge is 2.10. The van der Waals surface area contributed by atoms with Crippen LogP contribution in [0.2, 0.25) is 0 Å². The van der Waals surface area contributed by atoms with Crippen LogP contribution in [0.4, 0.5) is 0 Å². The molecule has 0 saturated heterocycles. The van der Waals surface area contributed by atoms with Crippen LogP contribution in [0, 0.1) is 27.7 Å². The van der Waals surface area contributed by atoms with E-state index in [1.54, 1.807) is 0 Å². The number of fused-ring (bicyclic) bond motifs is 1. The van der Waals surface area contributed by atoms with Crippen molar-refractivity contribution in [2.75, 3.05) is 0 Å². The molecule has 2 aromatic rings. The largest absolute Gasteiger partial charge is 0.505 e. The van der Waals surface area contributed by atoms with E-state index < -0.39 is 0 Å². The highest BCUT2D eigenvalue weighted by atomic mass is 16.3. The van der Waals surface area contributed by atoms with E-state index >= 15 is 0 Å². The Labute approximate surface area is 89.6 Å². The molecule has 0 bridgehead atoms. The van der Waals surface area contributed by atoms with E-state index in [1.807, 2.05) is 26.0 Å². The molecule has 0 saturated carbocycles. The molecule has 1 heterocycles.